The molecule has 1 aliphatic rings. The molecule has 0 atom stereocenters. The van der Waals surface area contributed by atoms with Gasteiger partial charge >= 0.3 is 6.09 Å². The maximum absolute atomic E-state index is 13.0. The van der Waals surface area contributed by atoms with E-state index in [-0.39, 0.29) is 5.91 Å². The second-order valence-electron chi connectivity index (χ2n) is 9.95. The third kappa shape index (κ3) is 7.02. The van der Waals surface area contributed by atoms with Crippen LogP contribution in [0, 0.1) is 11.8 Å². The van der Waals surface area contributed by atoms with Gasteiger partial charge in [0.25, 0.3) is 5.91 Å². The van der Waals surface area contributed by atoms with Gasteiger partial charge in [0.1, 0.15) is 5.60 Å². The smallest absolute Gasteiger partial charge is 0.407 e. The number of hydrogen-bond acceptors (Lipinski definition) is 4. The van der Waals surface area contributed by atoms with Crippen molar-refractivity contribution < 1.29 is 18.7 Å². The molecule has 6 heteroatoms. The highest BCUT2D eigenvalue weighted by atomic mass is 16.6. The van der Waals surface area contributed by atoms with E-state index in [0.717, 1.165) is 24.0 Å². The van der Waals surface area contributed by atoms with Crippen LogP contribution in [0.5, 0.6) is 0 Å². The average molecular weight is 485 g/mol. The largest absolute Gasteiger partial charge is 0.444 e. The summed E-state index contributed by atoms with van der Waals surface area (Å²) in [7, 11) is 0. The van der Waals surface area contributed by atoms with Crippen molar-refractivity contribution in [1.29, 1.82) is 0 Å². The van der Waals surface area contributed by atoms with Crippen LogP contribution in [0.2, 0.25) is 0 Å². The molecule has 0 bridgehead atoms. The summed E-state index contributed by atoms with van der Waals surface area (Å²) in [5, 5.41) is 2.81. The number of alkyl carbamates (subject to hydrolysis) is 1. The first kappa shape index (κ1) is 25.1. The SMILES string of the molecule is CC(C)(C)OC(=O)NCc1cccc(C2CCN(C(=O)c3ccc(C#Cc4ccccc4)o3)CC2)c1. The first-order chi connectivity index (χ1) is 17.3. The molecule has 1 fully saturated rings. The second kappa shape index (κ2) is 11.2. The van der Waals surface area contributed by atoms with Gasteiger partial charge in [0.15, 0.2) is 11.5 Å². The highest BCUT2D eigenvalue weighted by Gasteiger charge is 2.26. The minimum Gasteiger partial charge on any atom is -0.444 e. The predicted molar refractivity (Wildman–Crippen MR) is 139 cm³/mol. The molecule has 0 radical (unpaired) electrons. The van der Waals surface area contributed by atoms with Crippen LogP contribution in [0.25, 0.3) is 0 Å². The lowest BCUT2D eigenvalue weighted by atomic mass is 9.88. The van der Waals surface area contributed by atoms with E-state index in [1.807, 2.05) is 68.1 Å². The molecule has 1 N–H and O–H groups in total. The summed E-state index contributed by atoms with van der Waals surface area (Å²) in [6.07, 6.45) is 1.32. The first-order valence-electron chi connectivity index (χ1n) is 12.3. The van der Waals surface area contributed by atoms with Gasteiger partial charge in [0, 0.05) is 25.2 Å². The summed E-state index contributed by atoms with van der Waals surface area (Å²) in [6, 6.07) is 21.4. The van der Waals surface area contributed by atoms with Crippen molar-refractivity contribution in [1.82, 2.24) is 10.2 Å². The van der Waals surface area contributed by atoms with Gasteiger partial charge in [-0.2, -0.15) is 0 Å². The van der Waals surface area contributed by atoms with E-state index in [0.29, 0.717) is 37.1 Å². The van der Waals surface area contributed by atoms with Gasteiger partial charge < -0.3 is 19.4 Å². The molecule has 4 rings (SSSR count). The van der Waals surface area contributed by atoms with Crippen molar-refractivity contribution in [3.63, 3.8) is 0 Å². The number of carbonyl (C=O) groups excluding carboxylic acids is 2. The zero-order valence-electron chi connectivity index (χ0n) is 21.0. The molecular weight excluding hydrogens is 452 g/mol. The molecule has 0 aliphatic carbocycles. The quantitative estimate of drug-likeness (QED) is 0.481. The number of likely N-dealkylation sites (tertiary alicyclic amines) is 1. The molecule has 2 amide bonds. The molecule has 6 nitrogen and oxygen atoms in total. The second-order valence-corrected chi connectivity index (χ2v) is 9.95. The average Bonchev–Trinajstić information content (AvgIpc) is 3.35. The van der Waals surface area contributed by atoms with E-state index in [1.54, 1.807) is 12.1 Å². The van der Waals surface area contributed by atoms with E-state index in [4.69, 9.17) is 9.15 Å². The molecule has 2 heterocycles. The molecule has 1 saturated heterocycles. The number of rotatable bonds is 4. The predicted octanol–water partition coefficient (Wildman–Crippen LogP) is 5.72. The van der Waals surface area contributed by atoms with Crippen LogP contribution in [0.1, 0.15) is 72.5 Å². The first-order valence-corrected chi connectivity index (χ1v) is 12.3. The van der Waals surface area contributed by atoms with Gasteiger partial charge in [-0.25, -0.2) is 4.79 Å². The number of benzene rings is 2. The number of furan rings is 1. The maximum atomic E-state index is 13.0. The summed E-state index contributed by atoms with van der Waals surface area (Å²) in [6.45, 7) is 7.26. The Morgan fingerprint density at radius 1 is 1.00 bits per heavy atom. The number of carbonyl (C=O) groups is 2. The van der Waals surface area contributed by atoms with Gasteiger partial charge in [0.05, 0.1) is 0 Å². The lowest BCUT2D eigenvalue weighted by Gasteiger charge is -2.32. The third-order valence-electron chi connectivity index (χ3n) is 5.96. The molecule has 0 saturated carbocycles. The van der Waals surface area contributed by atoms with Crippen LogP contribution in [0.3, 0.4) is 0 Å². The van der Waals surface area contributed by atoms with Crippen LogP contribution < -0.4 is 5.32 Å². The van der Waals surface area contributed by atoms with E-state index in [1.165, 1.54) is 5.56 Å². The highest BCUT2D eigenvalue weighted by Crippen LogP contribution is 2.29. The molecule has 0 spiro atoms. The van der Waals surface area contributed by atoms with Crippen LogP contribution >= 0.6 is 0 Å². The van der Waals surface area contributed by atoms with Gasteiger partial charge in [-0.3, -0.25) is 4.79 Å². The van der Waals surface area contributed by atoms with Crippen molar-refractivity contribution in [3.05, 3.63) is 94.9 Å². The number of amides is 2. The summed E-state index contributed by atoms with van der Waals surface area (Å²) in [5.74, 6) is 7.09. The summed E-state index contributed by atoms with van der Waals surface area (Å²) < 4.78 is 11.0. The monoisotopic (exact) mass is 484 g/mol. The molecule has 3 aromatic rings. The van der Waals surface area contributed by atoms with Crippen molar-refractivity contribution >= 4 is 12.0 Å². The lowest BCUT2D eigenvalue weighted by molar-refractivity contribution is 0.0523. The summed E-state index contributed by atoms with van der Waals surface area (Å²) in [4.78, 5) is 26.8. The zero-order valence-corrected chi connectivity index (χ0v) is 21.0. The fourth-order valence-electron chi connectivity index (χ4n) is 4.19. The summed E-state index contributed by atoms with van der Waals surface area (Å²) >= 11 is 0. The number of ether oxygens (including phenoxy) is 1. The molecule has 0 unspecified atom stereocenters. The van der Waals surface area contributed by atoms with Crippen LogP contribution in [-0.4, -0.2) is 35.6 Å². The van der Waals surface area contributed by atoms with Gasteiger partial charge in [-0.1, -0.05) is 48.4 Å². The number of nitrogens with zero attached hydrogens (tertiary/aromatic N) is 1. The van der Waals surface area contributed by atoms with Crippen LogP contribution in [0.4, 0.5) is 4.79 Å². The Kier molecular flexibility index (Phi) is 7.80. The Labute approximate surface area is 212 Å². The van der Waals surface area contributed by atoms with E-state index >= 15 is 0 Å². The number of piperidine rings is 1. The fraction of sp³-hybridized carbons (Fsp3) is 0.333. The Morgan fingerprint density at radius 2 is 1.75 bits per heavy atom. The minimum absolute atomic E-state index is 0.100. The summed E-state index contributed by atoms with van der Waals surface area (Å²) in [5.41, 5.74) is 2.62. The highest BCUT2D eigenvalue weighted by molar-refractivity contribution is 5.91. The van der Waals surface area contributed by atoms with Crippen molar-refractivity contribution in [2.45, 2.75) is 51.7 Å². The maximum Gasteiger partial charge on any atom is 0.407 e. The molecule has 186 valence electrons. The van der Waals surface area contributed by atoms with E-state index < -0.39 is 11.7 Å². The van der Waals surface area contributed by atoms with Crippen molar-refractivity contribution in [2.24, 2.45) is 0 Å². The molecular formula is C30H32N2O4. The lowest BCUT2D eigenvalue weighted by Crippen LogP contribution is -2.37. The Balaban J connectivity index is 1.30. The van der Waals surface area contributed by atoms with Gasteiger partial charge in [-0.15, -0.1) is 0 Å². The Morgan fingerprint density at radius 3 is 2.47 bits per heavy atom. The minimum atomic E-state index is -0.524. The van der Waals surface area contributed by atoms with Crippen molar-refractivity contribution in [3.8, 4) is 11.8 Å². The molecule has 2 aromatic carbocycles. The molecule has 1 aromatic heterocycles. The van der Waals surface area contributed by atoms with Gasteiger partial charge in [-0.05, 0) is 80.8 Å². The van der Waals surface area contributed by atoms with Gasteiger partial charge in [0.2, 0.25) is 0 Å². The van der Waals surface area contributed by atoms with E-state index in [2.05, 4.69) is 29.3 Å². The Hall–Kier alpha value is -3.98. The zero-order chi connectivity index (χ0) is 25.5. The standard InChI is InChI=1S/C30H32N2O4/c1-30(2,3)36-29(34)31-21-23-10-7-11-25(20-23)24-16-18-32(19-17-24)28(33)27-15-14-26(35-27)13-12-22-8-5-4-6-9-22/h4-11,14-15,20,24H,16-19,21H2,1-3H3,(H,31,34). The van der Waals surface area contributed by atoms with Crippen LogP contribution in [0.15, 0.2) is 71.1 Å². The topological polar surface area (TPSA) is 71.8 Å². The normalized spacial score (nSPS) is 14.0. The van der Waals surface area contributed by atoms with Crippen LogP contribution in [-0.2, 0) is 11.3 Å². The Bertz CT molecular complexity index is 1250. The third-order valence-corrected chi connectivity index (χ3v) is 5.96. The molecule has 1 aliphatic heterocycles. The van der Waals surface area contributed by atoms with Crippen molar-refractivity contribution in [2.75, 3.05) is 13.1 Å². The fourth-order valence-corrected chi connectivity index (χ4v) is 4.19. The van der Waals surface area contributed by atoms with E-state index in [9.17, 15) is 9.59 Å². The molecule has 36 heavy (non-hydrogen) atoms. The number of nitrogens with one attached hydrogen (secondary N) is 1. The number of hydrogen-bond donors (Lipinski definition) is 1.